The molecule has 2 aliphatic rings. The number of rotatable bonds is 0. The summed E-state index contributed by atoms with van der Waals surface area (Å²) in [6.07, 6.45) is 10.8. The summed E-state index contributed by atoms with van der Waals surface area (Å²) in [5.74, 6) is 0.641. The number of hydrogen-bond acceptors (Lipinski definition) is 0. The highest BCUT2D eigenvalue weighted by atomic mass is 14.3. The molecule has 0 heteroatoms. The van der Waals surface area contributed by atoms with Gasteiger partial charge in [0.2, 0.25) is 0 Å². The fourth-order valence-corrected chi connectivity index (χ4v) is 4.26. The molecule has 0 N–H and O–H groups in total. The lowest BCUT2D eigenvalue weighted by atomic mass is 9.76. The summed E-state index contributed by atoms with van der Waals surface area (Å²) in [6.45, 7) is 0. The lowest BCUT2D eigenvalue weighted by Gasteiger charge is -2.28. The van der Waals surface area contributed by atoms with Gasteiger partial charge in [-0.1, -0.05) is 54.6 Å². The summed E-state index contributed by atoms with van der Waals surface area (Å²) in [5, 5.41) is 7.26. The minimum Gasteiger partial charge on any atom is -0.0770 e. The van der Waals surface area contributed by atoms with Crippen molar-refractivity contribution in [3.63, 3.8) is 0 Å². The molecule has 0 aromatic heterocycles. The van der Waals surface area contributed by atoms with Gasteiger partial charge in [0.25, 0.3) is 0 Å². The fourth-order valence-electron chi connectivity index (χ4n) is 4.26. The monoisotopic (exact) mass is 256 g/mol. The molecule has 1 atom stereocenters. The molecule has 0 saturated heterocycles. The maximum absolute atomic E-state index is 2.39. The molecule has 0 spiro atoms. The second kappa shape index (κ2) is 3.73. The highest BCUT2D eigenvalue weighted by Crippen LogP contribution is 2.38. The number of allylic oxidation sites excluding steroid dienone is 2. The summed E-state index contributed by atoms with van der Waals surface area (Å²) in [6, 6.07) is 13.5. The predicted octanol–water partition coefficient (Wildman–Crippen LogP) is 4.48. The third-order valence-corrected chi connectivity index (χ3v) is 5.05. The lowest BCUT2D eigenvalue weighted by Crippen LogP contribution is -2.23. The Morgan fingerprint density at radius 2 is 1.80 bits per heavy atom. The normalized spacial score (nSPS) is 20.1. The van der Waals surface area contributed by atoms with Crippen LogP contribution in [0.25, 0.3) is 27.6 Å². The van der Waals surface area contributed by atoms with Gasteiger partial charge < -0.3 is 0 Å². The zero-order chi connectivity index (χ0) is 13.1. The van der Waals surface area contributed by atoms with Crippen molar-refractivity contribution in [1.29, 1.82) is 0 Å². The Morgan fingerprint density at radius 1 is 0.950 bits per heavy atom. The molecule has 0 nitrogen and oxygen atoms in total. The minimum atomic E-state index is 0.641. The van der Waals surface area contributed by atoms with E-state index in [1.54, 1.807) is 11.1 Å². The van der Waals surface area contributed by atoms with Crippen LogP contribution in [0.4, 0.5) is 0 Å². The molecule has 1 unspecified atom stereocenters. The predicted molar refractivity (Wildman–Crippen MR) is 86.0 cm³/mol. The Bertz CT molecular complexity index is 922. The molecule has 20 heavy (non-hydrogen) atoms. The first kappa shape index (κ1) is 10.7. The van der Waals surface area contributed by atoms with Crippen LogP contribution in [0, 0.1) is 0 Å². The number of aryl methyl sites for hydroxylation is 1. The Balaban J connectivity index is 2.14. The van der Waals surface area contributed by atoms with E-state index in [1.807, 2.05) is 0 Å². The van der Waals surface area contributed by atoms with Crippen molar-refractivity contribution in [3.8, 4) is 0 Å². The van der Waals surface area contributed by atoms with E-state index in [1.165, 1.54) is 46.0 Å². The van der Waals surface area contributed by atoms with Gasteiger partial charge >= 0.3 is 0 Å². The maximum atomic E-state index is 2.39. The SMILES string of the molecule is C1=CC2CCCc3c2c(c2cccc4cccc3c42)=C1. The molecule has 0 amide bonds. The number of fused-ring (bicyclic) bond motifs is 2. The summed E-state index contributed by atoms with van der Waals surface area (Å²) < 4.78 is 0. The van der Waals surface area contributed by atoms with E-state index in [9.17, 15) is 0 Å². The standard InChI is InChI=1S/C20H16/c1-5-13-6-2-11-17-18-12-4-8-14-7-3-10-16(20(14)18)15(9-1)19(13)17/h1-3,5-7,9-11,14H,4,8,12H2. The van der Waals surface area contributed by atoms with Crippen molar-refractivity contribution in [2.45, 2.75) is 25.2 Å². The maximum Gasteiger partial charge on any atom is 0.00303 e. The molecule has 0 fully saturated rings. The lowest BCUT2D eigenvalue weighted by molar-refractivity contribution is 0.628. The third-order valence-electron chi connectivity index (χ3n) is 5.05. The molecule has 3 aromatic carbocycles. The van der Waals surface area contributed by atoms with Gasteiger partial charge in [-0.3, -0.25) is 0 Å². The topological polar surface area (TPSA) is 0 Å². The molecule has 3 aromatic rings. The quantitative estimate of drug-likeness (QED) is 0.556. The van der Waals surface area contributed by atoms with Crippen LogP contribution in [0.2, 0.25) is 0 Å². The zero-order valence-corrected chi connectivity index (χ0v) is 11.4. The van der Waals surface area contributed by atoms with Gasteiger partial charge in [-0.05, 0) is 57.2 Å². The van der Waals surface area contributed by atoms with Crippen molar-refractivity contribution < 1.29 is 0 Å². The number of benzene rings is 3. The number of hydrogen-bond donors (Lipinski definition) is 0. The molecule has 0 heterocycles. The van der Waals surface area contributed by atoms with Crippen LogP contribution in [0.15, 0.2) is 48.6 Å². The molecular formula is C20H16. The Kier molecular flexibility index (Phi) is 1.99. The largest absolute Gasteiger partial charge is 0.0770 e. The second-order valence-electron chi connectivity index (χ2n) is 6.07. The average molecular weight is 256 g/mol. The highest BCUT2D eigenvalue weighted by molar-refractivity contribution is 6.12. The van der Waals surface area contributed by atoms with Gasteiger partial charge in [0.05, 0.1) is 0 Å². The van der Waals surface area contributed by atoms with Gasteiger partial charge in [0.1, 0.15) is 0 Å². The molecule has 0 bridgehead atoms. The van der Waals surface area contributed by atoms with Gasteiger partial charge in [-0.15, -0.1) is 0 Å². The summed E-state index contributed by atoms with van der Waals surface area (Å²) in [7, 11) is 0. The molecule has 0 radical (unpaired) electrons. The van der Waals surface area contributed by atoms with Crippen LogP contribution < -0.4 is 5.22 Å². The van der Waals surface area contributed by atoms with Crippen molar-refractivity contribution in [1.82, 2.24) is 0 Å². The first-order valence-electron chi connectivity index (χ1n) is 7.58. The van der Waals surface area contributed by atoms with E-state index in [-0.39, 0.29) is 0 Å². The Hall–Kier alpha value is -2.08. The zero-order valence-electron chi connectivity index (χ0n) is 11.4. The first-order chi connectivity index (χ1) is 9.93. The minimum absolute atomic E-state index is 0.641. The van der Waals surface area contributed by atoms with Crippen LogP contribution in [-0.2, 0) is 6.42 Å². The second-order valence-corrected chi connectivity index (χ2v) is 6.07. The van der Waals surface area contributed by atoms with Gasteiger partial charge in [0, 0.05) is 5.92 Å². The molecule has 0 aliphatic heterocycles. The van der Waals surface area contributed by atoms with Crippen LogP contribution in [0.3, 0.4) is 0 Å². The van der Waals surface area contributed by atoms with E-state index < -0.39 is 0 Å². The molecule has 2 aliphatic carbocycles. The van der Waals surface area contributed by atoms with Crippen molar-refractivity contribution in [2.75, 3.05) is 0 Å². The summed E-state index contributed by atoms with van der Waals surface area (Å²) >= 11 is 0. The van der Waals surface area contributed by atoms with Crippen molar-refractivity contribution in [2.24, 2.45) is 0 Å². The fraction of sp³-hybridized carbons (Fsp3) is 0.200. The van der Waals surface area contributed by atoms with Crippen LogP contribution in [0.5, 0.6) is 0 Å². The third kappa shape index (κ3) is 1.22. The summed E-state index contributed by atoms with van der Waals surface area (Å²) in [5.41, 5.74) is 3.23. The summed E-state index contributed by atoms with van der Waals surface area (Å²) in [4.78, 5) is 0. The van der Waals surface area contributed by atoms with E-state index >= 15 is 0 Å². The Labute approximate surface area is 118 Å². The van der Waals surface area contributed by atoms with Gasteiger partial charge in [-0.2, -0.15) is 0 Å². The van der Waals surface area contributed by atoms with Crippen molar-refractivity contribution >= 4 is 27.6 Å². The van der Waals surface area contributed by atoms with E-state index in [2.05, 4.69) is 54.6 Å². The van der Waals surface area contributed by atoms with Crippen molar-refractivity contribution in [3.05, 3.63) is 64.9 Å². The van der Waals surface area contributed by atoms with E-state index in [4.69, 9.17) is 0 Å². The highest BCUT2D eigenvalue weighted by Gasteiger charge is 2.24. The van der Waals surface area contributed by atoms with Crippen LogP contribution in [-0.4, -0.2) is 0 Å². The van der Waals surface area contributed by atoms with Crippen LogP contribution >= 0.6 is 0 Å². The average Bonchev–Trinajstić information content (AvgIpc) is 2.52. The first-order valence-corrected chi connectivity index (χ1v) is 7.58. The van der Waals surface area contributed by atoms with Crippen LogP contribution in [0.1, 0.15) is 29.9 Å². The molecular weight excluding hydrogens is 240 g/mol. The van der Waals surface area contributed by atoms with E-state index in [0.29, 0.717) is 5.92 Å². The molecule has 5 rings (SSSR count). The smallest absolute Gasteiger partial charge is 0.00303 e. The molecule has 96 valence electrons. The van der Waals surface area contributed by atoms with Gasteiger partial charge in [-0.25, -0.2) is 0 Å². The Morgan fingerprint density at radius 3 is 2.70 bits per heavy atom. The molecule has 0 saturated carbocycles. The van der Waals surface area contributed by atoms with E-state index in [0.717, 1.165) is 0 Å². The van der Waals surface area contributed by atoms with Gasteiger partial charge in [0.15, 0.2) is 0 Å².